The quantitative estimate of drug-likeness (QED) is 0.519. The molecule has 0 aliphatic carbocycles. The molecular weight excluding hydrogens is 396 g/mol. The van der Waals surface area contributed by atoms with Crippen molar-refractivity contribution in [3.05, 3.63) is 102 Å². The van der Waals surface area contributed by atoms with E-state index in [0.717, 1.165) is 23.1 Å². The maximum Gasteiger partial charge on any atom is 0.240 e. The van der Waals surface area contributed by atoms with Gasteiger partial charge in [-0.2, -0.15) is 0 Å². The first-order valence-electron chi connectivity index (χ1n) is 9.97. The zero-order valence-electron chi connectivity index (χ0n) is 16.9. The van der Waals surface area contributed by atoms with Crippen LogP contribution < -0.4 is 10.0 Å². The summed E-state index contributed by atoms with van der Waals surface area (Å²) in [4.78, 5) is 13.1. The van der Waals surface area contributed by atoms with Gasteiger partial charge in [-0.05, 0) is 35.2 Å². The van der Waals surface area contributed by atoms with E-state index in [2.05, 4.69) is 10.0 Å². The van der Waals surface area contributed by atoms with E-state index in [1.54, 1.807) is 24.3 Å². The van der Waals surface area contributed by atoms with Gasteiger partial charge < -0.3 is 5.32 Å². The van der Waals surface area contributed by atoms with Crippen molar-refractivity contribution in [3.63, 3.8) is 0 Å². The summed E-state index contributed by atoms with van der Waals surface area (Å²) < 4.78 is 27.4. The molecule has 0 spiro atoms. The lowest BCUT2D eigenvalue weighted by molar-refractivity contribution is -0.121. The van der Waals surface area contributed by atoms with Gasteiger partial charge in [-0.25, -0.2) is 13.1 Å². The normalized spacial score (nSPS) is 11.4. The summed E-state index contributed by atoms with van der Waals surface area (Å²) in [5.41, 5.74) is 2.85. The highest BCUT2D eigenvalue weighted by atomic mass is 32.2. The minimum atomic E-state index is -3.61. The predicted octanol–water partition coefficient (Wildman–Crippen LogP) is 3.48. The molecule has 6 heteroatoms. The number of amides is 1. The van der Waals surface area contributed by atoms with Crippen molar-refractivity contribution in [1.29, 1.82) is 0 Å². The third kappa shape index (κ3) is 5.55. The van der Waals surface area contributed by atoms with Crippen LogP contribution in [0.15, 0.2) is 89.8 Å². The van der Waals surface area contributed by atoms with Gasteiger partial charge in [0, 0.05) is 13.1 Å². The summed E-state index contributed by atoms with van der Waals surface area (Å²) >= 11 is 0. The van der Waals surface area contributed by atoms with Crippen LogP contribution in [0.3, 0.4) is 0 Å². The minimum absolute atomic E-state index is 0.111. The van der Waals surface area contributed by atoms with Crippen LogP contribution >= 0.6 is 0 Å². The molecule has 5 nitrogen and oxygen atoms in total. The predicted molar refractivity (Wildman–Crippen MR) is 119 cm³/mol. The Balaban J connectivity index is 1.62. The molecule has 0 saturated carbocycles. The lowest BCUT2D eigenvalue weighted by Crippen LogP contribution is -2.37. The highest BCUT2D eigenvalue weighted by molar-refractivity contribution is 7.89. The number of sulfonamides is 1. The van der Waals surface area contributed by atoms with Crippen molar-refractivity contribution in [1.82, 2.24) is 10.0 Å². The molecule has 0 aromatic heterocycles. The van der Waals surface area contributed by atoms with Crippen molar-refractivity contribution in [3.8, 4) is 0 Å². The van der Waals surface area contributed by atoms with Gasteiger partial charge in [0.15, 0.2) is 0 Å². The average molecular weight is 423 g/mol. The summed E-state index contributed by atoms with van der Waals surface area (Å²) in [7, 11) is -3.61. The van der Waals surface area contributed by atoms with E-state index < -0.39 is 15.9 Å². The van der Waals surface area contributed by atoms with Gasteiger partial charge >= 0.3 is 0 Å². The lowest BCUT2D eigenvalue weighted by atomic mass is 9.90. The van der Waals surface area contributed by atoms with E-state index in [1.807, 2.05) is 67.6 Å². The number of nitrogens with one attached hydrogen (secondary N) is 2. The van der Waals surface area contributed by atoms with Gasteiger partial charge in [-0.3, -0.25) is 4.79 Å². The Hall–Kier alpha value is -2.96. The first-order valence-corrected chi connectivity index (χ1v) is 11.5. The van der Waals surface area contributed by atoms with E-state index in [-0.39, 0.29) is 23.9 Å². The number of hydrogen-bond donors (Lipinski definition) is 2. The average Bonchev–Trinajstić information content (AvgIpc) is 2.78. The monoisotopic (exact) mass is 422 g/mol. The van der Waals surface area contributed by atoms with Crippen molar-refractivity contribution in [2.45, 2.75) is 24.2 Å². The highest BCUT2D eigenvalue weighted by Gasteiger charge is 2.22. The first kappa shape index (κ1) is 21.7. The molecule has 156 valence electrons. The molecule has 0 fully saturated rings. The molecule has 2 N–H and O–H groups in total. The molecule has 0 bridgehead atoms. The number of rotatable bonds is 9. The van der Waals surface area contributed by atoms with Crippen LogP contribution in [0.1, 0.15) is 29.5 Å². The number of carbonyl (C=O) groups is 1. The summed E-state index contributed by atoms with van der Waals surface area (Å²) in [5.74, 6) is -0.621. The molecular formula is C24H26N2O3S. The van der Waals surface area contributed by atoms with E-state index in [9.17, 15) is 13.2 Å². The maximum absolute atomic E-state index is 12.9. The topological polar surface area (TPSA) is 75.3 Å². The molecule has 0 heterocycles. The molecule has 0 radical (unpaired) electrons. The molecule has 0 aliphatic heterocycles. The third-order valence-corrected chi connectivity index (χ3v) is 6.36. The van der Waals surface area contributed by atoms with Gasteiger partial charge in [0.05, 0.1) is 10.8 Å². The molecule has 0 saturated heterocycles. The van der Waals surface area contributed by atoms with Crippen molar-refractivity contribution in [2.75, 3.05) is 13.1 Å². The molecule has 30 heavy (non-hydrogen) atoms. The Morgan fingerprint density at radius 3 is 1.83 bits per heavy atom. The Labute approximate surface area is 178 Å². The zero-order chi connectivity index (χ0) is 21.4. The first-order chi connectivity index (χ1) is 14.5. The van der Waals surface area contributed by atoms with E-state index in [4.69, 9.17) is 0 Å². The number of hydrogen-bond acceptors (Lipinski definition) is 3. The zero-order valence-corrected chi connectivity index (χ0v) is 17.7. The molecule has 3 rings (SSSR count). The Kier molecular flexibility index (Phi) is 7.38. The summed E-state index contributed by atoms with van der Waals surface area (Å²) in [6.07, 6.45) is 0.851. The van der Waals surface area contributed by atoms with E-state index >= 15 is 0 Å². The Morgan fingerprint density at radius 1 is 0.800 bits per heavy atom. The van der Waals surface area contributed by atoms with Gasteiger partial charge in [0.1, 0.15) is 0 Å². The van der Waals surface area contributed by atoms with E-state index in [1.165, 1.54) is 0 Å². The minimum Gasteiger partial charge on any atom is -0.354 e. The number of carbonyl (C=O) groups excluding carboxylic acids is 1. The Morgan fingerprint density at radius 2 is 1.33 bits per heavy atom. The van der Waals surface area contributed by atoms with Crippen molar-refractivity contribution >= 4 is 15.9 Å². The molecule has 3 aromatic rings. The maximum atomic E-state index is 12.9. The standard InChI is InChI=1S/C24H26N2O3S/c1-2-19-13-15-22(16-14-19)30(28,29)26-18-17-25-24(27)23(20-9-5-3-6-10-20)21-11-7-4-8-12-21/h3-16,23,26H,2,17-18H2,1H3,(H,25,27). The Bertz CT molecular complexity index is 1010. The van der Waals surface area contributed by atoms with Crippen LogP contribution in [0.5, 0.6) is 0 Å². The van der Waals surface area contributed by atoms with Crippen LogP contribution in [0.4, 0.5) is 0 Å². The summed E-state index contributed by atoms with van der Waals surface area (Å²) in [6, 6.07) is 25.9. The second-order valence-corrected chi connectivity index (χ2v) is 8.71. The second kappa shape index (κ2) is 10.2. The van der Waals surface area contributed by atoms with Crippen LogP contribution in [-0.2, 0) is 21.2 Å². The van der Waals surface area contributed by atoms with Gasteiger partial charge in [-0.1, -0.05) is 79.7 Å². The van der Waals surface area contributed by atoms with Gasteiger partial charge in [-0.15, -0.1) is 0 Å². The van der Waals surface area contributed by atoms with E-state index in [0.29, 0.717) is 0 Å². The molecule has 0 atom stereocenters. The van der Waals surface area contributed by atoms with Crippen LogP contribution in [0.2, 0.25) is 0 Å². The highest BCUT2D eigenvalue weighted by Crippen LogP contribution is 2.24. The largest absolute Gasteiger partial charge is 0.354 e. The van der Waals surface area contributed by atoms with Gasteiger partial charge in [0.25, 0.3) is 0 Å². The second-order valence-electron chi connectivity index (χ2n) is 6.94. The van der Waals surface area contributed by atoms with Gasteiger partial charge in [0.2, 0.25) is 15.9 Å². The smallest absolute Gasteiger partial charge is 0.240 e. The number of benzene rings is 3. The van der Waals surface area contributed by atoms with Crippen LogP contribution in [0.25, 0.3) is 0 Å². The fourth-order valence-corrected chi connectivity index (χ4v) is 4.28. The fourth-order valence-electron chi connectivity index (χ4n) is 3.25. The molecule has 0 aliphatic rings. The summed E-state index contributed by atoms with van der Waals surface area (Å²) in [6.45, 7) is 2.32. The third-order valence-electron chi connectivity index (χ3n) is 4.89. The molecule has 0 unspecified atom stereocenters. The lowest BCUT2D eigenvalue weighted by Gasteiger charge is -2.18. The molecule has 3 aromatic carbocycles. The summed E-state index contributed by atoms with van der Waals surface area (Å²) in [5, 5.41) is 2.86. The van der Waals surface area contributed by atoms with Crippen LogP contribution in [-0.4, -0.2) is 27.4 Å². The molecule has 1 amide bonds. The van der Waals surface area contributed by atoms with Crippen molar-refractivity contribution < 1.29 is 13.2 Å². The van der Waals surface area contributed by atoms with Crippen molar-refractivity contribution in [2.24, 2.45) is 0 Å². The SMILES string of the molecule is CCc1ccc(S(=O)(=O)NCCNC(=O)C(c2ccccc2)c2ccccc2)cc1. The fraction of sp³-hybridized carbons (Fsp3) is 0.208. The van der Waals surface area contributed by atoms with Crippen LogP contribution in [0, 0.1) is 0 Å². The number of aryl methyl sites for hydroxylation is 1.